The number of morpholine rings is 1. The van der Waals surface area contributed by atoms with E-state index in [1.165, 1.54) is 0 Å². The zero-order chi connectivity index (χ0) is 20.0. The Balaban J connectivity index is 1.45. The maximum atomic E-state index is 12.6. The summed E-state index contributed by atoms with van der Waals surface area (Å²) in [5, 5.41) is 11.5. The van der Waals surface area contributed by atoms with E-state index in [0.717, 1.165) is 5.56 Å². The van der Waals surface area contributed by atoms with Crippen LogP contribution in [0.1, 0.15) is 24.8 Å². The quantitative estimate of drug-likeness (QED) is 0.676. The second-order valence-electron chi connectivity index (χ2n) is 6.89. The molecule has 2 aliphatic heterocycles. The highest BCUT2D eigenvalue weighted by atomic mass is 35.5. The topological polar surface area (TPSA) is 83.4 Å². The fourth-order valence-corrected chi connectivity index (χ4v) is 3.32. The molecule has 1 N–H and O–H groups in total. The molecule has 148 valence electrons. The summed E-state index contributed by atoms with van der Waals surface area (Å²) in [6.45, 7) is 1.44. The van der Waals surface area contributed by atoms with E-state index in [1.54, 1.807) is 11.0 Å². The first-order chi connectivity index (χ1) is 13.5. The van der Waals surface area contributed by atoms with Gasteiger partial charge in [0.05, 0.1) is 19.6 Å². The van der Waals surface area contributed by atoms with Crippen LogP contribution >= 0.6 is 11.6 Å². The molecule has 0 bridgehead atoms. The van der Waals surface area contributed by atoms with Crippen LogP contribution in [0.3, 0.4) is 0 Å². The van der Waals surface area contributed by atoms with Gasteiger partial charge in [-0.2, -0.15) is 10.2 Å². The number of ether oxygens (including phenoxy) is 1. The van der Waals surface area contributed by atoms with Gasteiger partial charge in [0.2, 0.25) is 5.91 Å². The third-order valence-electron chi connectivity index (χ3n) is 4.89. The Labute approximate surface area is 169 Å². The van der Waals surface area contributed by atoms with Crippen LogP contribution in [-0.2, 0) is 20.7 Å². The lowest BCUT2D eigenvalue weighted by Crippen LogP contribution is -2.52. The lowest BCUT2D eigenvalue weighted by Gasteiger charge is -2.32. The summed E-state index contributed by atoms with van der Waals surface area (Å²) in [5.74, 6) is 2.27. The molecule has 2 amide bonds. The minimum Gasteiger partial charge on any atom is -0.365 e. The summed E-state index contributed by atoms with van der Waals surface area (Å²) in [7, 11) is 0. The van der Waals surface area contributed by atoms with Gasteiger partial charge in [0.1, 0.15) is 0 Å². The van der Waals surface area contributed by atoms with Gasteiger partial charge in [-0.15, -0.1) is 12.3 Å². The maximum Gasteiger partial charge on any atom is 0.250 e. The normalized spacial score (nSPS) is 19.7. The molecule has 1 saturated heterocycles. The first-order valence-electron chi connectivity index (χ1n) is 9.31. The Kier molecular flexibility index (Phi) is 6.65. The molecule has 0 aliphatic carbocycles. The minimum atomic E-state index is -0.682. The van der Waals surface area contributed by atoms with E-state index in [4.69, 9.17) is 22.8 Å². The number of nitrogens with one attached hydrogen (secondary N) is 1. The van der Waals surface area contributed by atoms with Gasteiger partial charge in [0.25, 0.3) is 5.91 Å². The number of carbonyl (C=O) groups excluding carboxylic acids is 2. The van der Waals surface area contributed by atoms with Crippen molar-refractivity contribution in [1.29, 1.82) is 0 Å². The number of benzene rings is 1. The maximum absolute atomic E-state index is 12.6. The van der Waals surface area contributed by atoms with E-state index in [1.807, 2.05) is 18.2 Å². The molecule has 0 spiro atoms. The van der Waals surface area contributed by atoms with Crippen molar-refractivity contribution in [2.75, 3.05) is 26.2 Å². The summed E-state index contributed by atoms with van der Waals surface area (Å²) in [6, 6.07) is 7.26. The number of rotatable bonds is 8. The van der Waals surface area contributed by atoms with E-state index in [9.17, 15) is 9.59 Å². The highest BCUT2D eigenvalue weighted by Crippen LogP contribution is 2.36. The van der Waals surface area contributed by atoms with Gasteiger partial charge < -0.3 is 15.0 Å². The number of hydrogen-bond acceptors (Lipinski definition) is 5. The molecule has 0 radical (unpaired) electrons. The van der Waals surface area contributed by atoms with Crippen molar-refractivity contribution in [1.82, 2.24) is 10.2 Å². The largest absolute Gasteiger partial charge is 0.365 e. The first-order valence-corrected chi connectivity index (χ1v) is 9.69. The van der Waals surface area contributed by atoms with Crippen LogP contribution in [0.25, 0.3) is 0 Å². The number of terminal acetylenes is 1. The van der Waals surface area contributed by atoms with E-state index < -0.39 is 11.8 Å². The van der Waals surface area contributed by atoms with E-state index >= 15 is 0 Å². The van der Waals surface area contributed by atoms with Crippen molar-refractivity contribution >= 4 is 23.4 Å². The molecule has 7 nitrogen and oxygen atoms in total. The molecule has 0 saturated carbocycles. The van der Waals surface area contributed by atoms with Crippen LogP contribution in [-0.4, -0.2) is 54.7 Å². The Hall–Kier alpha value is -2.43. The summed E-state index contributed by atoms with van der Waals surface area (Å²) in [6.07, 6.45) is 6.71. The van der Waals surface area contributed by atoms with Crippen molar-refractivity contribution in [3.05, 3.63) is 34.9 Å². The van der Waals surface area contributed by atoms with Crippen LogP contribution < -0.4 is 5.32 Å². The van der Waals surface area contributed by atoms with Crippen LogP contribution in [0.5, 0.6) is 0 Å². The van der Waals surface area contributed by atoms with Crippen molar-refractivity contribution < 1.29 is 14.3 Å². The molecule has 1 aromatic rings. The average molecular weight is 403 g/mol. The third kappa shape index (κ3) is 5.31. The predicted molar refractivity (Wildman–Crippen MR) is 105 cm³/mol. The Morgan fingerprint density at radius 3 is 2.86 bits per heavy atom. The molecule has 1 unspecified atom stereocenters. The zero-order valence-corrected chi connectivity index (χ0v) is 16.3. The number of nitrogens with zero attached hydrogens (tertiary/aromatic N) is 3. The van der Waals surface area contributed by atoms with Crippen molar-refractivity contribution in [2.24, 2.45) is 10.2 Å². The molecule has 2 aliphatic rings. The summed E-state index contributed by atoms with van der Waals surface area (Å²) in [4.78, 5) is 26.6. The summed E-state index contributed by atoms with van der Waals surface area (Å²) >= 11 is 6.13. The zero-order valence-electron chi connectivity index (χ0n) is 15.6. The lowest BCUT2D eigenvalue weighted by atomic mass is 10.0. The highest BCUT2D eigenvalue weighted by molar-refractivity contribution is 6.31. The van der Waals surface area contributed by atoms with Crippen LogP contribution in [0.2, 0.25) is 5.02 Å². The highest BCUT2D eigenvalue weighted by Gasteiger charge is 2.39. The molecule has 1 atom stereocenters. The number of halogens is 1. The molecule has 1 fully saturated rings. The molecule has 2 heterocycles. The molecular weight excluding hydrogens is 380 g/mol. The number of hydrogen-bond donors (Lipinski definition) is 1. The van der Waals surface area contributed by atoms with Crippen molar-refractivity contribution in [3.63, 3.8) is 0 Å². The van der Waals surface area contributed by atoms with Crippen molar-refractivity contribution in [2.45, 2.75) is 37.5 Å². The van der Waals surface area contributed by atoms with E-state index in [2.05, 4.69) is 21.5 Å². The molecule has 1 aromatic carbocycles. The van der Waals surface area contributed by atoms with Gasteiger partial charge >= 0.3 is 0 Å². The van der Waals surface area contributed by atoms with Crippen LogP contribution in [0, 0.1) is 12.3 Å². The second kappa shape index (κ2) is 9.18. The van der Waals surface area contributed by atoms with Gasteiger partial charge in [-0.1, -0.05) is 29.8 Å². The van der Waals surface area contributed by atoms with E-state index in [-0.39, 0.29) is 24.8 Å². The Morgan fingerprint density at radius 1 is 1.36 bits per heavy atom. The number of amides is 2. The minimum absolute atomic E-state index is 0.0713. The van der Waals surface area contributed by atoms with E-state index in [0.29, 0.717) is 44.0 Å². The standard InChI is InChI=1S/C20H23ClN4O3/c1-2-3-8-20(23-24-20)9-10-22-19(27)17-14-25(11-12-28-17)18(26)13-15-6-4-5-7-16(15)21/h1,4-7,17H,3,8-14H2,(H,22,27). The fourth-order valence-electron chi connectivity index (χ4n) is 3.12. The van der Waals surface area contributed by atoms with Crippen LogP contribution in [0.15, 0.2) is 34.5 Å². The molecule has 8 heteroatoms. The Morgan fingerprint density at radius 2 is 2.14 bits per heavy atom. The predicted octanol–water partition coefficient (Wildman–Crippen LogP) is 2.19. The molecule has 28 heavy (non-hydrogen) atoms. The fraction of sp³-hybridized carbons (Fsp3) is 0.500. The molecule has 0 aromatic heterocycles. The summed E-state index contributed by atoms with van der Waals surface area (Å²) in [5.41, 5.74) is 0.347. The van der Waals surface area contributed by atoms with Crippen LogP contribution in [0.4, 0.5) is 0 Å². The number of carbonyl (C=O) groups is 2. The monoisotopic (exact) mass is 402 g/mol. The Bertz CT molecular complexity index is 799. The van der Waals surface area contributed by atoms with Gasteiger partial charge in [0.15, 0.2) is 11.8 Å². The average Bonchev–Trinajstić information content (AvgIpc) is 3.48. The lowest BCUT2D eigenvalue weighted by molar-refractivity contribution is -0.146. The third-order valence-corrected chi connectivity index (χ3v) is 5.26. The van der Waals surface area contributed by atoms with Gasteiger partial charge in [-0.05, 0) is 11.6 Å². The first kappa shape index (κ1) is 20.3. The smallest absolute Gasteiger partial charge is 0.250 e. The summed E-state index contributed by atoms with van der Waals surface area (Å²) < 4.78 is 5.55. The SMILES string of the molecule is C#CCCC1(CCNC(=O)C2CN(C(=O)Cc3ccccc3Cl)CCO2)N=N1. The second-order valence-corrected chi connectivity index (χ2v) is 7.30. The van der Waals surface area contributed by atoms with Gasteiger partial charge in [-0.25, -0.2) is 0 Å². The molecular formula is C20H23ClN4O3. The van der Waals surface area contributed by atoms with Gasteiger partial charge in [-0.3, -0.25) is 9.59 Å². The molecule has 3 rings (SSSR count). The van der Waals surface area contributed by atoms with Gasteiger partial charge in [0, 0.05) is 37.4 Å². The van der Waals surface area contributed by atoms with Crippen molar-refractivity contribution in [3.8, 4) is 12.3 Å².